The van der Waals surface area contributed by atoms with E-state index in [9.17, 15) is 5.11 Å². The molecule has 0 radical (unpaired) electrons. The third-order valence-corrected chi connectivity index (χ3v) is 2.75. The van der Waals surface area contributed by atoms with E-state index >= 15 is 0 Å². The summed E-state index contributed by atoms with van der Waals surface area (Å²) < 4.78 is 2.09. The van der Waals surface area contributed by atoms with Crippen molar-refractivity contribution < 1.29 is 5.11 Å². The topological polar surface area (TPSA) is 38.0 Å². The number of hydrogen-bond acceptors (Lipinski definition) is 2. The first kappa shape index (κ1) is 9.71. The number of aromatic nitrogens is 2. The maximum atomic E-state index is 9.76. The molecule has 2 rings (SSSR count). The number of fused-ring (bicyclic) bond motifs is 1. The monoisotopic (exact) mass is 194 g/mol. The van der Waals surface area contributed by atoms with Crippen LogP contribution in [-0.4, -0.2) is 14.7 Å². The molecule has 3 nitrogen and oxygen atoms in total. The molecule has 1 aromatic heterocycles. The minimum absolute atomic E-state index is 0.0735. The van der Waals surface area contributed by atoms with Crippen molar-refractivity contribution in [1.29, 1.82) is 0 Å². The van der Waals surface area contributed by atoms with Crippen LogP contribution in [0.4, 0.5) is 0 Å². The fraction of sp³-hybridized carbons (Fsp3) is 0.727. The van der Waals surface area contributed by atoms with Gasteiger partial charge < -0.3 is 9.67 Å². The third-order valence-electron chi connectivity index (χ3n) is 2.75. The van der Waals surface area contributed by atoms with E-state index in [1.165, 1.54) is 0 Å². The quantitative estimate of drug-likeness (QED) is 0.686. The molecule has 0 fully saturated rings. The summed E-state index contributed by atoms with van der Waals surface area (Å²) in [5.74, 6) is 0.848. The minimum Gasteiger partial charge on any atom is -0.385 e. The van der Waals surface area contributed by atoms with Gasteiger partial charge in [-0.05, 0) is 12.8 Å². The van der Waals surface area contributed by atoms with Gasteiger partial charge in [-0.3, -0.25) is 0 Å². The summed E-state index contributed by atoms with van der Waals surface area (Å²) >= 11 is 0. The Kier molecular flexibility index (Phi) is 2.14. The van der Waals surface area contributed by atoms with Crippen molar-refractivity contribution in [2.45, 2.75) is 51.7 Å². The maximum absolute atomic E-state index is 9.76. The maximum Gasteiger partial charge on any atom is 0.137 e. The van der Waals surface area contributed by atoms with E-state index in [-0.39, 0.29) is 11.5 Å². The van der Waals surface area contributed by atoms with Crippen molar-refractivity contribution in [3.8, 4) is 0 Å². The highest BCUT2D eigenvalue weighted by Crippen LogP contribution is 2.28. The molecule has 14 heavy (non-hydrogen) atoms. The average molecular weight is 194 g/mol. The molecule has 0 saturated heterocycles. The van der Waals surface area contributed by atoms with Crippen LogP contribution in [-0.2, 0) is 12.0 Å². The first-order chi connectivity index (χ1) is 6.48. The van der Waals surface area contributed by atoms with Crippen molar-refractivity contribution >= 4 is 0 Å². The molecular formula is C11H18N2O. The predicted octanol–water partition coefficient (Wildman–Crippen LogP) is 2.01. The molecule has 2 heterocycles. The zero-order valence-electron chi connectivity index (χ0n) is 9.12. The second-order valence-corrected chi connectivity index (χ2v) is 5.09. The lowest BCUT2D eigenvalue weighted by molar-refractivity contribution is 0.133. The van der Waals surface area contributed by atoms with Crippen molar-refractivity contribution in [3.63, 3.8) is 0 Å². The number of aliphatic hydroxyl groups excluding tert-OH is 1. The van der Waals surface area contributed by atoms with Crippen molar-refractivity contribution in [3.05, 3.63) is 17.7 Å². The zero-order chi connectivity index (χ0) is 10.3. The van der Waals surface area contributed by atoms with Crippen molar-refractivity contribution in [2.24, 2.45) is 0 Å². The molecule has 0 saturated carbocycles. The van der Waals surface area contributed by atoms with Gasteiger partial charge in [0.25, 0.3) is 0 Å². The fourth-order valence-electron chi connectivity index (χ4n) is 1.82. The molecule has 0 spiro atoms. The summed E-state index contributed by atoms with van der Waals surface area (Å²) in [6.07, 6.45) is 3.62. The molecule has 1 aliphatic heterocycles. The molecule has 0 aromatic carbocycles. The van der Waals surface area contributed by atoms with Crippen LogP contribution in [0.25, 0.3) is 0 Å². The highest BCUT2D eigenvalue weighted by molar-refractivity contribution is 5.15. The summed E-state index contributed by atoms with van der Waals surface area (Å²) in [6.45, 7) is 7.44. The summed E-state index contributed by atoms with van der Waals surface area (Å²) in [5.41, 5.74) is 1.15. The Balaban J connectivity index is 2.40. The fourth-order valence-corrected chi connectivity index (χ4v) is 1.82. The molecule has 0 bridgehead atoms. The van der Waals surface area contributed by atoms with Crippen LogP contribution in [0.3, 0.4) is 0 Å². The third kappa shape index (κ3) is 1.57. The lowest BCUT2D eigenvalue weighted by Gasteiger charge is -2.18. The number of aryl methyl sites for hydroxylation is 1. The Bertz CT molecular complexity index is 336. The second-order valence-electron chi connectivity index (χ2n) is 5.09. The molecule has 78 valence electrons. The van der Waals surface area contributed by atoms with E-state index in [1.807, 2.05) is 0 Å². The molecular weight excluding hydrogens is 176 g/mol. The first-order valence-electron chi connectivity index (χ1n) is 5.24. The summed E-state index contributed by atoms with van der Waals surface area (Å²) in [4.78, 5) is 4.52. The van der Waals surface area contributed by atoms with E-state index < -0.39 is 0 Å². The van der Waals surface area contributed by atoms with Crippen LogP contribution >= 0.6 is 0 Å². The largest absolute Gasteiger partial charge is 0.385 e. The van der Waals surface area contributed by atoms with Crippen LogP contribution in [0.2, 0.25) is 0 Å². The van der Waals surface area contributed by atoms with Crippen LogP contribution < -0.4 is 0 Å². The molecule has 1 atom stereocenters. The van der Waals surface area contributed by atoms with E-state index in [2.05, 4.69) is 36.5 Å². The Morgan fingerprint density at radius 2 is 2.21 bits per heavy atom. The van der Waals surface area contributed by atoms with Gasteiger partial charge in [0.2, 0.25) is 0 Å². The minimum atomic E-state index is -0.361. The van der Waals surface area contributed by atoms with Crippen LogP contribution in [0, 0.1) is 0 Å². The molecule has 0 aliphatic carbocycles. The summed E-state index contributed by atoms with van der Waals surface area (Å²) in [5, 5.41) is 9.76. The van der Waals surface area contributed by atoms with Crippen LogP contribution in [0.5, 0.6) is 0 Å². The summed E-state index contributed by atoms with van der Waals surface area (Å²) in [6, 6.07) is 0. The first-order valence-corrected chi connectivity index (χ1v) is 5.24. The molecule has 1 N–H and O–H groups in total. The summed E-state index contributed by atoms with van der Waals surface area (Å²) in [7, 11) is 0. The SMILES string of the molecule is CC(C)(C)c1cn2c(n1)C(O)CCC2. The zero-order valence-corrected chi connectivity index (χ0v) is 9.12. The second kappa shape index (κ2) is 3.09. The van der Waals surface area contributed by atoms with E-state index in [4.69, 9.17) is 0 Å². The predicted molar refractivity (Wildman–Crippen MR) is 55.1 cm³/mol. The van der Waals surface area contributed by atoms with Crippen LogP contribution in [0.1, 0.15) is 51.2 Å². The lowest BCUT2D eigenvalue weighted by atomic mass is 9.93. The normalized spacial score (nSPS) is 22.1. The number of rotatable bonds is 0. The molecule has 3 heteroatoms. The van der Waals surface area contributed by atoms with Gasteiger partial charge in [-0.2, -0.15) is 0 Å². The average Bonchev–Trinajstić information content (AvgIpc) is 2.48. The molecule has 1 aromatic rings. The Morgan fingerprint density at radius 3 is 2.79 bits per heavy atom. The van der Waals surface area contributed by atoms with Crippen molar-refractivity contribution in [2.75, 3.05) is 0 Å². The molecule has 0 amide bonds. The highest BCUT2D eigenvalue weighted by atomic mass is 16.3. The molecule has 1 unspecified atom stereocenters. The van der Waals surface area contributed by atoms with E-state index in [1.54, 1.807) is 0 Å². The standard InChI is InChI=1S/C11H18N2O/c1-11(2,3)9-7-13-6-4-5-8(14)10(13)12-9/h7-8,14H,4-6H2,1-3H3. The number of aliphatic hydroxyl groups is 1. The smallest absolute Gasteiger partial charge is 0.137 e. The Morgan fingerprint density at radius 1 is 1.50 bits per heavy atom. The van der Waals surface area contributed by atoms with Gasteiger partial charge in [0.05, 0.1) is 5.69 Å². The Hall–Kier alpha value is -0.830. The number of hydrogen-bond donors (Lipinski definition) is 1. The van der Waals surface area contributed by atoms with E-state index in [0.717, 1.165) is 30.9 Å². The van der Waals surface area contributed by atoms with Gasteiger partial charge in [-0.1, -0.05) is 20.8 Å². The van der Waals surface area contributed by atoms with Gasteiger partial charge in [0.15, 0.2) is 0 Å². The van der Waals surface area contributed by atoms with Gasteiger partial charge in [-0.15, -0.1) is 0 Å². The number of imidazole rings is 1. The highest BCUT2D eigenvalue weighted by Gasteiger charge is 2.25. The number of nitrogens with zero attached hydrogens (tertiary/aromatic N) is 2. The van der Waals surface area contributed by atoms with E-state index in [0.29, 0.717) is 0 Å². The van der Waals surface area contributed by atoms with Gasteiger partial charge in [0.1, 0.15) is 11.9 Å². The Labute approximate surface area is 84.8 Å². The van der Waals surface area contributed by atoms with Crippen molar-refractivity contribution in [1.82, 2.24) is 9.55 Å². The van der Waals surface area contributed by atoms with Gasteiger partial charge >= 0.3 is 0 Å². The van der Waals surface area contributed by atoms with Crippen LogP contribution in [0.15, 0.2) is 6.20 Å². The van der Waals surface area contributed by atoms with Gasteiger partial charge in [-0.25, -0.2) is 4.98 Å². The van der Waals surface area contributed by atoms with Gasteiger partial charge in [0, 0.05) is 18.2 Å². The lowest BCUT2D eigenvalue weighted by Crippen LogP contribution is -2.14. The molecule has 1 aliphatic rings.